The molecule has 0 saturated carbocycles. The van der Waals surface area contributed by atoms with E-state index >= 15 is 4.39 Å². The van der Waals surface area contributed by atoms with E-state index in [0.717, 1.165) is 27.6 Å². The lowest BCUT2D eigenvalue weighted by atomic mass is 9.93. The average Bonchev–Trinajstić information content (AvgIpc) is 3.24. The monoisotopic (exact) mass is 368 g/mol. The molecule has 0 atom stereocenters. The van der Waals surface area contributed by atoms with Crippen molar-refractivity contribution >= 4 is 21.9 Å². The molecule has 0 spiro atoms. The summed E-state index contributed by atoms with van der Waals surface area (Å²) in [5, 5.41) is 10.9. The molecule has 1 fully saturated rings. The Morgan fingerprint density at radius 2 is 1.96 bits per heavy atom. The number of hydrogen-bond donors (Lipinski definition) is 2. The zero-order valence-corrected chi connectivity index (χ0v) is 14.8. The molecule has 1 saturated heterocycles. The van der Waals surface area contributed by atoms with Crippen molar-refractivity contribution in [3.63, 3.8) is 0 Å². The van der Waals surface area contributed by atoms with Crippen LogP contribution in [0, 0.1) is 12.7 Å². The molecule has 6 nitrogen and oxygen atoms in total. The fourth-order valence-corrected chi connectivity index (χ4v) is 3.88. The molecular formula is C19H18F2N6. The summed E-state index contributed by atoms with van der Waals surface area (Å²) in [7, 11) is 0. The number of aromatic amines is 1. The van der Waals surface area contributed by atoms with E-state index < -0.39 is 5.67 Å². The molecule has 1 aliphatic heterocycles. The number of aryl methyl sites for hydroxylation is 1. The van der Waals surface area contributed by atoms with Gasteiger partial charge in [0, 0.05) is 18.2 Å². The molecule has 3 aromatic heterocycles. The number of benzene rings is 1. The smallest absolute Gasteiger partial charge is 0.172 e. The van der Waals surface area contributed by atoms with Gasteiger partial charge in [-0.2, -0.15) is 5.10 Å². The van der Waals surface area contributed by atoms with E-state index in [1.165, 1.54) is 12.1 Å². The molecule has 0 unspecified atom stereocenters. The van der Waals surface area contributed by atoms with Gasteiger partial charge >= 0.3 is 0 Å². The minimum Gasteiger partial charge on any atom is -0.316 e. The lowest BCUT2D eigenvalue weighted by Gasteiger charge is -2.28. The van der Waals surface area contributed by atoms with Gasteiger partial charge in [0.05, 0.1) is 40.3 Å². The minimum atomic E-state index is -1.50. The van der Waals surface area contributed by atoms with Crippen LogP contribution in [0.5, 0.6) is 0 Å². The lowest BCUT2D eigenvalue weighted by molar-refractivity contribution is 0.104. The second-order valence-corrected chi connectivity index (χ2v) is 7.01. The summed E-state index contributed by atoms with van der Waals surface area (Å²) >= 11 is 0. The second kappa shape index (κ2) is 5.82. The Labute approximate surface area is 153 Å². The molecule has 0 bridgehead atoms. The Morgan fingerprint density at radius 1 is 1.15 bits per heavy atom. The van der Waals surface area contributed by atoms with Gasteiger partial charge in [0.25, 0.3) is 0 Å². The van der Waals surface area contributed by atoms with Crippen molar-refractivity contribution in [2.24, 2.45) is 0 Å². The van der Waals surface area contributed by atoms with Crippen LogP contribution in [0.1, 0.15) is 24.4 Å². The van der Waals surface area contributed by atoms with Crippen molar-refractivity contribution in [1.82, 2.24) is 30.0 Å². The molecule has 5 rings (SSSR count). The van der Waals surface area contributed by atoms with E-state index in [2.05, 4.69) is 25.5 Å². The molecule has 1 aromatic carbocycles. The van der Waals surface area contributed by atoms with Gasteiger partial charge in [0.15, 0.2) is 11.5 Å². The number of nitrogens with zero attached hydrogens (tertiary/aromatic N) is 4. The molecule has 0 radical (unpaired) electrons. The van der Waals surface area contributed by atoms with Crippen molar-refractivity contribution in [3.05, 3.63) is 47.9 Å². The maximum absolute atomic E-state index is 15.2. The molecule has 27 heavy (non-hydrogen) atoms. The van der Waals surface area contributed by atoms with Crippen LogP contribution in [-0.4, -0.2) is 37.8 Å². The number of rotatable bonds is 2. The molecule has 4 aromatic rings. The maximum Gasteiger partial charge on any atom is 0.172 e. The summed E-state index contributed by atoms with van der Waals surface area (Å²) in [6, 6.07) is 4.61. The topological polar surface area (TPSA) is 71.4 Å². The van der Waals surface area contributed by atoms with Crippen molar-refractivity contribution in [3.8, 4) is 5.69 Å². The summed E-state index contributed by atoms with van der Waals surface area (Å²) in [6.45, 7) is 3.07. The fourth-order valence-electron chi connectivity index (χ4n) is 3.88. The van der Waals surface area contributed by atoms with Gasteiger partial charge in [-0.15, -0.1) is 0 Å². The van der Waals surface area contributed by atoms with E-state index in [0.29, 0.717) is 31.6 Å². The van der Waals surface area contributed by atoms with E-state index in [1.54, 1.807) is 18.5 Å². The highest BCUT2D eigenvalue weighted by molar-refractivity contribution is 6.06. The average molecular weight is 368 g/mol. The predicted molar refractivity (Wildman–Crippen MR) is 98.1 cm³/mol. The highest BCUT2D eigenvalue weighted by Crippen LogP contribution is 2.35. The number of aromatic nitrogens is 5. The van der Waals surface area contributed by atoms with Gasteiger partial charge in [0.1, 0.15) is 5.82 Å². The third-order valence-electron chi connectivity index (χ3n) is 5.32. The van der Waals surface area contributed by atoms with Gasteiger partial charge in [-0.05, 0) is 38.2 Å². The number of hydrogen-bond acceptors (Lipinski definition) is 4. The van der Waals surface area contributed by atoms with Crippen LogP contribution in [0.3, 0.4) is 0 Å². The first-order chi connectivity index (χ1) is 13.1. The molecule has 0 aliphatic carbocycles. The quantitative estimate of drug-likeness (QED) is 0.570. The van der Waals surface area contributed by atoms with Crippen LogP contribution in [0.2, 0.25) is 0 Å². The first kappa shape index (κ1) is 16.3. The molecular weight excluding hydrogens is 350 g/mol. The second-order valence-electron chi connectivity index (χ2n) is 7.01. The Hall–Kier alpha value is -2.87. The first-order valence-electron chi connectivity index (χ1n) is 8.94. The van der Waals surface area contributed by atoms with Crippen LogP contribution in [-0.2, 0) is 5.67 Å². The molecule has 138 valence electrons. The highest BCUT2D eigenvalue weighted by Gasteiger charge is 2.37. The van der Waals surface area contributed by atoms with Crippen LogP contribution in [0.25, 0.3) is 27.6 Å². The Kier molecular flexibility index (Phi) is 3.51. The SMILES string of the molecule is Cc1nc(C2(F)CCNCC2)ncc1-n1c2ccc(F)cc2c2[nH]ncc21. The van der Waals surface area contributed by atoms with Gasteiger partial charge in [0.2, 0.25) is 0 Å². The van der Waals surface area contributed by atoms with Crippen molar-refractivity contribution in [2.45, 2.75) is 25.4 Å². The van der Waals surface area contributed by atoms with E-state index in [-0.39, 0.29) is 11.6 Å². The third kappa shape index (κ3) is 2.43. The summed E-state index contributed by atoms with van der Waals surface area (Å²) in [6.07, 6.45) is 4.06. The van der Waals surface area contributed by atoms with Gasteiger partial charge < -0.3 is 9.88 Å². The zero-order chi connectivity index (χ0) is 18.6. The summed E-state index contributed by atoms with van der Waals surface area (Å²) in [4.78, 5) is 8.87. The number of nitrogens with one attached hydrogen (secondary N) is 2. The van der Waals surface area contributed by atoms with Gasteiger partial charge in [-0.1, -0.05) is 0 Å². The third-order valence-corrected chi connectivity index (χ3v) is 5.32. The lowest BCUT2D eigenvalue weighted by Crippen LogP contribution is -2.38. The summed E-state index contributed by atoms with van der Waals surface area (Å²) in [5.41, 5.74) is 2.25. The van der Waals surface area contributed by atoms with Gasteiger partial charge in [-0.25, -0.2) is 18.7 Å². The van der Waals surface area contributed by atoms with Crippen LogP contribution in [0.15, 0.2) is 30.6 Å². The van der Waals surface area contributed by atoms with Crippen molar-refractivity contribution in [2.75, 3.05) is 13.1 Å². The summed E-state index contributed by atoms with van der Waals surface area (Å²) < 4.78 is 30.9. The minimum absolute atomic E-state index is 0.233. The normalized spacial score (nSPS) is 17.0. The fraction of sp³-hybridized carbons (Fsp3) is 0.316. The van der Waals surface area contributed by atoms with Crippen molar-refractivity contribution < 1.29 is 8.78 Å². The number of piperidine rings is 1. The van der Waals surface area contributed by atoms with E-state index in [1.807, 2.05) is 11.5 Å². The number of fused-ring (bicyclic) bond motifs is 3. The van der Waals surface area contributed by atoms with Crippen molar-refractivity contribution in [1.29, 1.82) is 0 Å². The maximum atomic E-state index is 15.2. The zero-order valence-electron chi connectivity index (χ0n) is 14.8. The molecule has 0 amide bonds. The Balaban J connectivity index is 1.69. The molecule has 2 N–H and O–H groups in total. The molecule has 8 heteroatoms. The van der Waals surface area contributed by atoms with Gasteiger partial charge in [-0.3, -0.25) is 5.10 Å². The molecule has 4 heterocycles. The predicted octanol–water partition coefficient (Wildman–Crippen LogP) is 3.29. The van der Waals surface area contributed by atoms with Crippen LogP contribution in [0.4, 0.5) is 8.78 Å². The van der Waals surface area contributed by atoms with Crippen LogP contribution >= 0.6 is 0 Å². The standard InChI is InChI=1S/C19H18F2N6/c1-11-15(9-23-18(25-11)19(21)4-6-22-7-5-19)27-14-3-2-12(20)8-13(14)17-16(27)10-24-26-17/h2-3,8-10,22H,4-7H2,1H3,(H,24,26). The molecule has 1 aliphatic rings. The van der Waals surface area contributed by atoms with E-state index in [4.69, 9.17) is 0 Å². The largest absolute Gasteiger partial charge is 0.316 e. The Bertz CT molecular complexity index is 1160. The number of alkyl halides is 1. The highest BCUT2D eigenvalue weighted by atomic mass is 19.1. The number of halogens is 2. The van der Waals surface area contributed by atoms with E-state index in [9.17, 15) is 4.39 Å². The summed E-state index contributed by atoms with van der Waals surface area (Å²) in [5.74, 6) is -0.0825. The first-order valence-corrected chi connectivity index (χ1v) is 8.94. The Morgan fingerprint density at radius 3 is 2.74 bits per heavy atom. The number of H-pyrrole nitrogens is 1. The van der Waals surface area contributed by atoms with Crippen LogP contribution < -0.4 is 5.32 Å².